The number of hydrogen-bond acceptors (Lipinski definition) is 6. The van der Waals surface area contributed by atoms with Crippen LogP contribution in [0, 0.1) is 0 Å². The molecule has 1 aromatic carbocycles. The summed E-state index contributed by atoms with van der Waals surface area (Å²) in [5.41, 5.74) is 6.77. The number of nitrogens with one attached hydrogen (secondary N) is 2. The third-order valence-corrected chi connectivity index (χ3v) is 3.72. The Hall–Kier alpha value is -2.13. The van der Waals surface area contributed by atoms with Gasteiger partial charge >= 0.3 is 0 Å². The number of hydrogen-bond donors (Lipinski definition) is 3. The Morgan fingerprint density at radius 2 is 2.00 bits per heavy atom. The van der Waals surface area contributed by atoms with E-state index in [0.717, 1.165) is 6.26 Å². The van der Waals surface area contributed by atoms with Crippen LogP contribution in [0.5, 0.6) is 0 Å². The second-order valence-electron chi connectivity index (χ2n) is 4.32. The van der Waals surface area contributed by atoms with Gasteiger partial charge in [0.2, 0.25) is 15.9 Å². The third-order valence-electron chi connectivity index (χ3n) is 2.41. The van der Waals surface area contributed by atoms with Crippen LogP contribution in [0.4, 0.5) is 16.5 Å². The van der Waals surface area contributed by atoms with Crippen molar-refractivity contribution in [3.05, 3.63) is 35.3 Å². The second-order valence-corrected chi connectivity index (χ2v) is 6.96. The minimum atomic E-state index is -3.42. The number of nitrogen functional groups attached to an aromatic ring is 1. The first-order valence-electron chi connectivity index (χ1n) is 5.90. The SMILES string of the molecule is CS(=O)(=O)Nc1ccccc1NC(=O)Cc1csc(N)n1. The van der Waals surface area contributed by atoms with Crippen molar-refractivity contribution in [2.45, 2.75) is 6.42 Å². The molecular formula is C12H14N4O3S2. The molecule has 9 heteroatoms. The molecule has 1 heterocycles. The number of sulfonamides is 1. The molecule has 0 radical (unpaired) electrons. The molecule has 0 bridgehead atoms. The highest BCUT2D eigenvalue weighted by molar-refractivity contribution is 7.92. The molecule has 2 rings (SSSR count). The number of carbonyl (C=O) groups excluding carboxylic acids is 1. The largest absolute Gasteiger partial charge is 0.375 e. The molecule has 0 saturated carbocycles. The average molecular weight is 326 g/mol. The molecule has 2 aromatic rings. The topological polar surface area (TPSA) is 114 Å². The fraction of sp³-hybridized carbons (Fsp3) is 0.167. The molecule has 0 spiro atoms. The standard InChI is InChI=1S/C12H14N4O3S2/c1-21(18,19)16-10-5-3-2-4-9(10)15-11(17)6-8-7-20-12(13)14-8/h2-5,7,16H,6H2,1H3,(H2,13,14)(H,15,17). The Kier molecular flexibility index (Phi) is 4.43. The van der Waals surface area contributed by atoms with Crippen molar-refractivity contribution in [2.24, 2.45) is 0 Å². The first-order valence-corrected chi connectivity index (χ1v) is 8.67. The lowest BCUT2D eigenvalue weighted by atomic mass is 10.2. The van der Waals surface area contributed by atoms with Crippen LogP contribution in [0.1, 0.15) is 5.69 Å². The van der Waals surface area contributed by atoms with Gasteiger partial charge in [-0.05, 0) is 12.1 Å². The lowest BCUT2D eigenvalue weighted by Gasteiger charge is -2.11. The summed E-state index contributed by atoms with van der Waals surface area (Å²) in [5.74, 6) is -0.303. The van der Waals surface area contributed by atoms with Crippen LogP contribution >= 0.6 is 11.3 Å². The van der Waals surface area contributed by atoms with Crippen LogP contribution in [0.15, 0.2) is 29.6 Å². The lowest BCUT2D eigenvalue weighted by Crippen LogP contribution is -2.17. The van der Waals surface area contributed by atoms with E-state index < -0.39 is 10.0 Å². The van der Waals surface area contributed by atoms with Crippen LogP contribution in [0.2, 0.25) is 0 Å². The number of aromatic nitrogens is 1. The normalized spacial score (nSPS) is 11.1. The van der Waals surface area contributed by atoms with Gasteiger partial charge in [0, 0.05) is 5.38 Å². The molecule has 0 atom stereocenters. The van der Waals surface area contributed by atoms with E-state index in [0.29, 0.717) is 22.2 Å². The fourth-order valence-electron chi connectivity index (χ4n) is 1.64. The van der Waals surface area contributed by atoms with Gasteiger partial charge < -0.3 is 11.1 Å². The summed E-state index contributed by atoms with van der Waals surface area (Å²) >= 11 is 1.26. The zero-order valence-corrected chi connectivity index (χ0v) is 12.8. The number of para-hydroxylation sites is 2. The van der Waals surface area contributed by atoms with Crippen LogP contribution in [-0.4, -0.2) is 25.6 Å². The van der Waals surface area contributed by atoms with Crippen molar-refractivity contribution in [1.82, 2.24) is 4.98 Å². The van der Waals surface area contributed by atoms with E-state index in [1.807, 2.05) is 0 Å². The van der Waals surface area contributed by atoms with Gasteiger partial charge in [-0.1, -0.05) is 12.1 Å². The zero-order valence-electron chi connectivity index (χ0n) is 11.2. The van der Waals surface area contributed by atoms with Gasteiger partial charge in [-0.2, -0.15) is 0 Å². The van der Waals surface area contributed by atoms with E-state index in [-0.39, 0.29) is 12.3 Å². The van der Waals surface area contributed by atoms with E-state index in [1.165, 1.54) is 11.3 Å². The van der Waals surface area contributed by atoms with E-state index in [1.54, 1.807) is 29.6 Å². The van der Waals surface area contributed by atoms with Gasteiger partial charge in [0.1, 0.15) is 0 Å². The van der Waals surface area contributed by atoms with Crippen LogP contribution in [-0.2, 0) is 21.2 Å². The van der Waals surface area contributed by atoms with Gasteiger partial charge in [0.25, 0.3) is 0 Å². The lowest BCUT2D eigenvalue weighted by molar-refractivity contribution is -0.115. The average Bonchev–Trinajstić information content (AvgIpc) is 2.75. The molecule has 0 aliphatic rings. The number of nitrogens with two attached hydrogens (primary N) is 1. The summed E-state index contributed by atoms with van der Waals surface area (Å²) in [6.45, 7) is 0. The highest BCUT2D eigenvalue weighted by Gasteiger charge is 2.11. The second kappa shape index (κ2) is 6.10. The fourth-order valence-corrected chi connectivity index (χ4v) is 2.78. The minimum absolute atomic E-state index is 0.0703. The van der Waals surface area contributed by atoms with Crippen LogP contribution in [0.25, 0.3) is 0 Å². The Bertz CT molecular complexity index is 755. The number of rotatable bonds is 5. The molecule has 0 unspecified atom stereocenters. The molecule has 4 N–H and O–H groups in total. The third kappa shape index (κ3) is 4.72. The van der Waals surface area contributed by atoms with Gasteiger partial charge in [-0.3, -0.25) is 9.52 Å². The maximum atomic E-state index is 11.9. The molecule has 0 fully saturated rings. The number of amides is 1. The maximum absolute atomic E-state index is 11.9. The van der Waals surface area contributed by atoms with Crippen molar-refractivity contribution in [1.29, 1.82) is 0 Å². The number of nitrogens with zero attached hydrogens (tertiary/aromatic N) is 1. The summed E-state index contributed by atoms with van der Waals surface area (Å²) in [7, 11) is -3.42. The highest BCUT2D eigenvalue weighted by Crippen LogP contribution is 2.22. The van der Waals surface area contributed by atoms with Crippen molar-refractivity contribution >= 4 is 43.8 Å². The zero-order chi connectivity index (χ0) is 15.5. The van der Waals surface area contributed by atoms with E-state index in [9.17, 15) is 13.2 Å². The minimum Gasteiger partial charge on any atom is -0.375 e. The van der Waals surface area contributed by atoms with Crippen molar-refractivity contribution < 1.29 is 13.2 Å². The van der Waals surface area contributed by atoms with E-state index in [4.69, 9.17) is 5.73 Å². The maximum Gasteiger partial charge on any atom is 0.230 e. The molecule has 0 saturated heterocycles. The van der Waals surface area contributed by atoms with Crippen molar-refractivity contribution in [3.63, 3.8) is 0 Å². The first-order chi connectivity index (χ1) is 9.83. The van der Waals surface area contributed by atoms with Crippen molar-refractivity contribution in [3.8, 4) is 0 Å². The predicted octanol–water partition coefficient (Wildman–Crippen LogP) is 1.28. The van der Waals surface area contributed by atoms with Crippen LogP contribution < -0.4 is 15.8 Å². The number of anilines is 3. The molecule has 0 aliphatic heterocycles. The quantitative estimate of drug-likeness (QED) is 0.766. The number of benzene rings is 1. The van der Waals surface area contributed by atoms with Gasteiger partial charge in [0.05, 0.1) is 29.7 Å². The molecule has 1 amide bonds. The number of carbonyl (C=O) groups is 1. The highest BCUT2D eigenvalue weighted by atomic mass is 32.2. The van der Waals surface area contributed by atoms with Crippen LogP contribution in [0.3, 0.4) is 0 Å². The molecule has 21 heavy (non-hydrogen) atoms. The first kappa shape index (κ1) is 15.3. The summed E-state index contributed by atoms with van der Waals surface area (Å²) in [4.78, 5) is 15.9. The molecule has 1 aromatic heterocycles. The van der Waals surface area contributed by atoms with Crippen molar-refractivity contribution in [2.75, 3.05) is 22.0 Å². The summed E-state index contributed by atoms with van der Waals surface area (Å²) in [6, 6.07) is 6.55. The molecular weight excluding hydrogens is 312 g/mol. The summed E-state index contributed by atoms with van der Waals surface area (Å²) in [5, 5.41) is 4.75. The smallest absolute Gasteiger partial charge is 0.230 e. The van der Waals surface area contributed by atoms with Gasteiger partial charge in [-0.15, -0.1) is 11.3 Å². The summed E-state index contributed by atoms with van der Waals surface area (Å²) < 4.78 is 24.9. The Labute approximate surface area is 126 Å². The molecule has 112 valence electrons. The predicted molar refractivity (Wildman–Crippen MR) is 83.8 cm³/mol. The molecule has 7 nitrogen and oxygen atoms in total. The molecule has 0 aliphatic carbocycles. The Morgan fingerprint density at radius 1 is 1.33 bits per heavy atom. The Morgan fingerprint density at radius 3 is 2.57 bits per heavy atom. The van der Waals surface area contributed by atoms with E-state index >= 15 is 0 Å². The Balaban J connectivity index is 2.10. The number of thiazole rings is 1. The van der Waals surface area contributed by atoms with E-state index in [2.05, 4.69) is 15.0 Å². The van der Waals surface area contributed by atoms with Gasteiger partial charge in [-0.25, -0.2) is 13.4 Å². The monoisotopic (exact) mass is 326 g/mol. The summed E-state index contributed by atoms with van der Waals surface area (Å²) in [6.07, 6.45) is 1.12. The van der Waals surface area contributed by atoms with Gasteiger partial charge in [0.15, 0.2) is 5.13 Å².